The van der Waals surface area contributed by atoms with Crippen molar-refractivity contribution in [3.63, 3.8) is 0 Å². The van der Waals surface area contributed by atoms with Gasteiger partial charge in [-0.3, -0.25) is 15.0 Å². The third-order valence-corrected chi connectivity index (χ3v) is 5.51. The Hall–Kier alpha value is -3.73. The molecule has 0 radical (unpaired) electrons. The van der Waals surface area contributed by atoms with E-state index < -0.39 is 77.1 Å². The highest BCUT2D eigenvalue weighted by Gasteiger charge is 2.31. The first-order valence-electron chi connectivity index (χ1n) is 11.8. The van der Waals surface area contributed by atoms with Crippen molar-refractivity contribution in [3.8, 4) is 0 Å². The minimum Gasteiger partial charge on any atom is -0.450 e. The van der Waals surface area contributed by atoms with E-state index in [4.69, 9.17) is 28.3 Å². The molecule has 3 unspecified atom stereocenters. The Morgan fingerprint density at radius 1 is 0.846 bits per heavy atom. The normalized spacial score (nSPS) is 13.3. The van der Waals surface area contributed by atoms with Crippen molar-refractivity contribution in [1.82, 2.24) is 16.0 Å². The Bertz CT molecular complexity index is 1000. The van der Waals surface area contributed by atoms with Gasteiger partial charge in [-0.1, -0.05) is 0 Å². The predicted octanol–water partition coefficient (Wildman–Crippen LogP) is -0.291. The molecule has 0 bridgehead atoms. The van der Waals surface area contributed by atoms with Crippen LogP contribution in [0.3, 0.4) is 0 Å². The molecule has 0 heterocycles. The van der Waals surface area contributed by atoms with Crippen molar-refractivity contribution in [2.24, 2.45) is 22.9 Å². The first-order valence-corrected chi connectivity index (χ1v) is 11.8. The molecule has 220 valence electrons. The molecule has 1 aromatic rings. The van der Waals surface area contributed by atoms with E-state index in [1.165, 1.54) is 0 Å². The Labute approximate surface area is 220 Å². The number of carbonyl (C=O) groups is 3. The van der Waals surface area contributed by atoms with Crippen molar-refractivity contribution in [1.29, 1.82) is 5.41 Å². The van der Waals surface area contributed by atoms with E-state index in [9.17, 15) is 36.3 Å². The maximum Gasteiger partial charge on any atom is 0.404 e. The second-order valence-electron chi connectivity index (χ2n) is 8.58. The molecule has 0 fully saturated rings. The van der Waals surface area contributed by atoms with E-state index in [0.29, 0.717) is 19.4 Å². The number of guanidine groups is 1. The highest BCUT2D eigenvalue weighted by Crippen LogP contribution is 2.24. The van der Waals surface area contributed by atoms with Gasteiger partial charge in [-0.05, 0) is 32.1 Å². The number of nitrogens with two attached hydrogens (primary N) is 4. The molecular weight excluding hydrogens is 535 g/mol. The summed E-state index contributed by atoms with van der Waals surface area (Å²) >= 11 is 0. The number of nitrogens with one attached hydrogen (secondary N) is 4. The van der Waals surface area contributed by atoms with Crippen molar-refractivity contribution in [3.05, 3.63) is 34.6 Å². The Balaban J connectivity index is 3.02. The van der Waals surface area contributed by atoms with Crippen LogP contribution in [0.5, 0.6) is 0 Å². The smallest absolute Gasteiger partial charge is 0.404 e. The highest BCUT2D eigenvalue weighted by molar-refractivity contribution is 5.89. The fourth-order valence-electron chi connectivity index (χ4n) is 3.46. The molecule has 0 saturated heterocycles. The molecule has 1 aromatic carbocycles. The van der Waals surface area contributed by atoms with Crippen LogP contribution in [0.25, 0.3) is 0 Å². The topological polar surface area (TPSA) is 224 Å². The minimum atomic E-state index is -2.35. The van der Waals surface area contributed by atoms with Crippen molar-refractivity contribution in [2.45, 2.75) is 56.7 Å². The highest BCUT2D eigenvalue weighted by atomic mass is 19.2. The van der Waals surface area contributed by atoms with Gasteiger partial charge in [0.1, 0.15) is 6.04 Å². The van der Waals surface area contributed by atoms with E-state index in [2.05, 4.69) is 20.7 Å². The molecule has 0 aromatic heterocycles. The molecule has 0 spiro atoms. The van der Waals surface area contributed by atoms with Gasteiger partial charge < -0.3 is 43.6 Å². The molecule has 12 nitrogen and oxygen atoms in total. The zero-order valence-corrected chi connectivity index (χ0v) is 20.9. The summed E-state index contributed by atoms with van der Waals surface area (Å²) in [4.78, 5) is 35.4. The first kappa shape index (κ1) is 33.3. The second-order valence-corrected chi connectivity index (χ2v) is 8.58. The van der Waals surface area contributed by atoms with E-state index in [-0.39, 0.29) is 38.4 Å². The third kappa shape index (κ3) is 11.3. The van der Waals surface area contributed by atoms with Gasteiger partial charge in [-0.2, -0.15) is 0 Å². The fraction of sp³-hybridized carbons (Fsp3) is 0.545. The number of benzene rings is 1. The molecule has 3 atom stereocenters. The van der Waals surface area contributed by atoms with E-state index in [1.807, 2.05) is 0 Å². The SMILES string of the molecule is N=C(N)NCCCC(N)CNC(Cc1c(F)c(F)c(F)c(F)c1F)C(=O)NC(CCCCOC(N)=O)C(N)=O. The van der Waals surface area contributed by atoms with Crippen LogP contribution in [0.2, 0.25) is 0 Å². The minimum absolute atomic E-state index is 0.0128. The number of carbonyl (C=O) groups excluding carboxylic acids is 3. The van der Waals surface area contributed by atoms with Gasteiger partial charge in [-0.25, -0.2) is 26.7 Å². The molecule has 0 aliphatic heterocycles. The van der Waals surface area contributed by atoms with E-state index >= 15 is 0 Å². The summed E-state index contributed by atoms with van der Waals surface area (Å²) in [5, 5.41) is 14.6. The van der Waals surface area contributed by atoms with Crippen LogP contribution in [-0.2, 0) is 20.7 Å². The quantitative estimate of drug-likeness (QED) is 0.0310. The van der Waals surface area contributed by atoms with Crippen LogP contribution in [0.4, 0.5) is 26.7 Å². The average Bonchev–Trinajstić information content (AvgIpc) is 2.86. The number of primary amides is 2. The zero-order chi connectivity index (χ0) is 29.7. The molecule has 17 heteroatoms. The van der Waals surface area contributed by atoms with Gasteiger partial charge in [-0.15, -0.1) is 0 Å². The summed E-state index contributed by atoms with van der Waals surface area (Å²) in [6.45, 7) is 0.139. The average molecular weight is 569 g/mol. The van der Waals surface area contributed by atoms with Gasteiger partial charge in [0.2, 0.25) is 17.6 Å². The Kier molecular flexibility index (Phi) is 13.9. The monoisotopic (exact) mass is 568 g/mol. The molecule has 39 heavy (non-hydrogen) atoms. The van der Waals surface area contributed by atoms with Crippen LogP contribution in [0, 0.1) is 34.5 Å². The zero-order valence-electron chi connectivity index (χ0n) is 20.9. The maximum absolute atomic E-state index is 14.3. The molecule has 3 amide bonds. The Morgan fingerprint density at radius 2 is 1.44 bits per heavy atom. The molecule has 12 N–H and O–H groups in total. The van der Waals surface area contributed by atoms with E-state index in [0.717, 1.165) is 0 Å². The summed E-state index contributed by atoms with van der Waals surface area (Å²) < 4.78 is 74.1. The number of unbranched alkanes of at least 4 members (excludes halogenated alkanes) is 1. The van der Waals surface area contributed by atoms with Gasteiger partial charge in [0.05, 0.1) is 12.6 Å². The lowest BCUT2D eigenvalue weighted by molar-refractivity contribution is -0.128. The molecular formula is C22H33F5N8O4. The van der Waals surface area contributed by atoms with Crippen molar-refractivity contribution >= 4 is 23.9 Å². The summed E-state index contributed by atoms with van der Waals surface area (Å²) in [5.41, 5.74) is 20.1. The van der Waals surface area contributed by atoms with E-state index in [1.54, 1.807) is 0 Å². The van der Waals surface area contributed by atoms with Crippen LogP contribution >= 0.6 is 0 Å². The fourth-order valence-corrected chi connectivity index (χ4v) is 3.46. The number of hydrogen-bond acceptors (Lipinski definition) is 7. The van der Waals surface area contributed by atoms with Crippen molar-refractivity contribution < 1.29 is 41.1 Å². The van der Waals surface area contributed by atoms with Gasteiger partial charge in [0, 0.05) is 31.1 Å². The van der Waals surface area contributed by atoms with Crippen LogP contribution in [0.1, 0.15) is 37.7 Å². The number of halogens is 5. The number of hydrogen-bond donors (Lipinski definition) is 8. The van der Waals surface area contributed by atoms with Gasteiger partial charge in [0.25, 0.3) is 0 Å². The summed E-state index contributed by atoms with van der Waals surface area (Å²) in [6, 6.07) is -3.47. The lowest BCUT2D eigenvalue weighted by Crippen LogP contribution is -2.54. The largest absolute Gasteiger partial charge is 0.450 e. The van der Waals surface area contributed by atoms with Crippen LogP contribution in [-0.4, -0.2) is 61.7 Å². The maximum atomic E-state index is 14.3. The van der Waals surface area contributed by atoms with Crippen LogP contribution in [0.15, 0.2) is 0 Å². The first-order chi connectivity index (χ1) is 18.3. The Morgan fingerprint density at radius 3 is 1.97 bits per heavy atom. The molecule has 1 rings (SSSR count). The third-order valence-electron chi connectivity index (χ3n) is 5.51. The molecule has 0 aliphatic rings. The molecule has 0 aliphatic carbocycles. The lowest BCUT2D eigenvalue weighted by atomic mass is 10.0. The molecule has 0 saturated carbocycles. The van der Waals surface area contributed by atoms with Crippen LogP contribution < -0.4 is 38.9 Å². The second kappa shape index (κ2) is 16.3. The van der Waals surface area contributed by atoms with Gasteiger partial charge in [0.15, 0.2) is 29.2 Å². The summed E-state index contributed by atoms with van der Waals surface area (Å²) in [5.74, 6) is -13.1. The standard InChI is InChI=1S/C22H33F5N8O4/c23-14-11(15(24)17(26)18(27)16(14)25)8-13(34-9-10(28)4-3-6-33-21(30)31)20(37)35-12(19(29)36)5-1-2-7-39-22(32)38/h10,12-13,34H,1-9,28H2,(H2,29,36)(H2,32,38)(H,35,37)(H4,30,31,33). The lowest BCUT2D eigenvalue weighted by Gasteiger charge is -2.24. The summed E-state index contributed by atoms with van der Waals surface area (Å²) in [7, 11) is 0. The number of rotatable bonds is 17. The number of ether oxygens (including phenoxy) is 1. The number of amides is 3. The predicted molar refractivity (Wildman–Crippen MR) is 129 cm³/mol. The summed E-state index contributed by atoms with van der Waals surface area (Å²) in [6.07, 6.45) is -0.667. The van der Waals surface area contributed by atoms with Gasteiger partial charge >= 0.3 is 6.09 Å². The van der Waals surface area contributed by atoms with Crippen molar-refractivity contribution in [2.75, 3.05) is 19.7 Å².